The second-order valence-corrected chi connectivity index (χ2v) is 7.52. The van der Waals surface area contributed by atoms with Crippen LogP contribution in [0.15, 0.2) is 48.8 Å². The Morgan fingerprint density at radius 3 is 2.44 bits per heavy atom. The van der Waals surface area contributed by atoms with Gasteiger partial charge in [0.05, 0.1) is 7.11 Å². The molecule has 0 saturated carbocycles. The molecule has 0 unspecified atom stereocenters. The number of aromatic nitrogens is 3. The van der Waals surface area contributed by atoms with Gasteiger partial charge < -0.3 is 18.9 Å². The van der Waals surface area contributed by atoms with Crippen molar-refractivity contribution in [2.45, 2.75) is 26.8 Å². The first kappa shape index (κ1) is 23.0. The van der Waals surface area contributed by atoms with Crippen LogP contribution in [0.1, 0.15) is 27.3 Å². The Morgan fingerprint density at radius 2 is 1.78 bits per heavy atom. The van der Waals surface area contributed by atoms with Crippen molar-refractivity contribution < 1.29 is 19.1 Å². The molecule has 8 nitrogen and oxygen atoms in total. The van der Waals surface area contributed by atoms with Crippen molar-refractivity contribution in [3.63, 3.8) is 0 Å². The topological polar surface area (TPSA) is 86.5 Å². The van der Waals surface area contributed by atoms with Crippen LogP contribution in [-0.2, 0) is 22.5 Å². The molecule has 0 bridgehead atoms. The van der Waals surface area contributed by atoms with Gasteiger partial charge in [-0.25, -0.2) is 9.97 Å². The Hall–Kier alpha value is -3.68. The molecule has 1 aromatic carbocycles. The molecule has 0 spiro atoms. The summed E-state index contributed by atoms with van der Waals surface area (Å²) < 4.78 is 12.5. The van der Waals surface area contributed by atoms with Gasteiger partial charge in [0.15, 0.2) is 6.61 Å². The first-order chi connectivity index (χ1) is 15.4. The van der Waals surface area contributed by atoms with E-state index in [-0.39, 0.29) is 18.9 Å². The molecular weight excluding hydrogens is 408 g/mol. The number of anilines is 1. The second-order valence-electron chi connectivity index (χ2n) is 7.52. The Bertz CT molecular complexity index is 1060. The lowest BCUT2D eigenvalue weighted by Crippen LogP contribution is -2.29. The lowest BCUT2D eigenvalue weighted by atomic mass is 10.1. The molecule has 0 N–H and O–H groups in total. The van der Waals surface area contributed by atoms with E-state index in [1.807, 2.05) is 44.2 Å². The van der Waals surface area contributed by atoms with Crippen molar-refractivity contribution >= 4 is 17.7 Å². The highest BCUT2D eigenvalue weighted by molar-refractivity contribution is 5.99. The largest absolute Gasteiger partial charge is 0.497 e. The number of hydrogen-bond acceptors (Lipinski definition) is 7. The summed E-state index contributed by atoms with van der Waals surface area (Å²) in [6, 6.07) is 11.5. The van der Waals surface area contributed by atoms with Crippen LogP contribution in [0.5, 0.6) is 5.75 Å². The van der Waals surface area contributed by atoms with E-state index in [0.717, 1.165) is 30.1 Å². The number of aryl methyl sites for hydroxylation is 2. The zero-order valence-corrected chi connectivity index (χ0v) is 18.9. The average molecular weight is 437 g/mol. The molecule has 0 aliphatic rings. The molecule has 0 radical (unpaired) electrons. The number of methoxy groups -OCH3 is 1. The van der Waals surface area contributed by atoms with Crippen LogP contribution >= 0.6 is 0 Å². The van der Waals surface area contributed by atoms with Crippen LogP contribution < -0.4 is 9.64 Å². The number of ketones is 1. The Labute approximate surface area is 187 Å². The molecule has 0 saturated heterocycles. The lowest BCUT2D eigenvalue weighted by Gasteiger charge is -2.15. The smallest absolute Gasteiger partial charge is 0.326 e. The summed E-state index contributed by atoms with van der Waals surface area (Å²) in [7, 11) is 3.34. The molecule has 0 aliphatic heterocycles. The van der Waals surface area contributed by atoms with Gasteiger partial charge in [-0.3, -0.25) is 9.59 Å². The highest BCUT2D eigenvalue weighted by Gasteiger charge is 2.18. The maximum atomic E-state index is 12.7. The molecule has 8 heteroatoms. The Kier molecular flexibility index (Phi) is 7.59. The van der Waals surface area contributed by atoms with Gasteiger partial charge in [-0.05, 0) is 50.1 Å². The van der Waals surface area contributed by atoms with Crippen molar-refractivity contribution in [1.82, 2.24) is 14.5 Å². The molecule has 3 rings (SSSR count). The zero-order valence-electron chi connectivity index (χ0n) is 18.9. The van der Waals surface area contributed by atoms with Gasteiger partial charge in [0.25, 0.3) is 0 Å². The maximum absolute atomic E-state index is 12.7. The summed E-state index contributed by atoms with van der Waals surface area (Å²) >= 11 is 0. The first-order valence-corrected chi connectivity index (χ1v) is 10.4. The number of likely N-dealkylation sites (N-methyl/N-ethyl adjacent to an activating group) is 1. The highest BCUT2D eigenvalue weighted by Crippen LogP contribution is 2.18. The van der Waals surface area contributed by atoms with Gasteiger partial charge in [-0.2, -0.15) is 0 Å². The Morgan fingerprint density at radius 1 is 1.09 bits per heavy atom. The van der Waals surface area contributed by atoms with E-state index in [1.165, 1.54) is 5.56 Å². The fourth-order valence-electron chi connectivity index (χ4n) is 3.48. The number of rotatable bonds is 10. The standard InChI is InChI=1S/C24H28N4O4/c1-17-14-21(18(2)28(17)13-10-19-6-8-20(31-4)9-7-19)22(29)16-32-23(30)15-27(3)24-25-11-5-12-26-24/h5-9,11-12,14H,10,13,15-16H2,1-4H3. The number of benzene rings is 1. The maximum Gasteiger partial charge on any atom is 0.326 e. The molecule has 3 aromatic rings. The number of carbonyl (C=O) groups excluding carboxylic acids is 2. The fraction of sp³-hybridized carbons (Fsp3) is 0.333. The van der Waals surface area contributed by atoms with E-state index in [4.69, 9.17) is 9.47 Å². The molecular formula is C24H28N4O4. The predicted octanol–water partition coefficient (Wildman–Crippen LogP) is 3.01. The van der Waals surface area contributed by atoms with E-state index in [2.05, 4.69) is 14.5 Å². The molecule has 0 fully saturated rings. The third-order valence-electron chi connectivity index (χ3n) is 5.28. The normalized spacial score (nSPS) is 10.6. The summed E-state index contributed by atoms with van der Waals surface area (Å²) in [6.07, 6.45) is 4.02. The molecule has 2 aromatic heterocycles. The van der Waals surface area contributed by atoms with Gasteiger partial charge in [-0.15, -0.1) is 0 Å². The second kappa shape index (κ2) is 10.6. The summed E-state index contributed by atoms with van der Waals surface area (Å²) in [6.45, 7) is 4.29. The van der Waals surface area contributed by atoms with Crippen molar-refractivity contribution in [2.24, 2.45) is 0 Å². The SMILES string of the molecule is COc1ccc(CCn2c(C)cc(C(=O)COC(=O)CN(C)c3ncccn3)c2C)cc1. The van der Waals surface area contributed by atoms with Crippen LogP contribution in [0.2, 0.25) is 0 Å². The number of hydrogen-bond donors (Lipinski definition) is 0. The number of nitrogens with zero attached hydrogens (tertiary/aromatic N) is 4. The third-order valence-corrected chi connectivity index (χ3v) is 5.28. The van der Waals surface area contributed by atoms with Crippen molar-refractivity contribution in [3.8, 4) is 5.75 Å². The molecule has 0 amide bonds. The van der Waals surface area contributed by atoms with Crippen LogP contribution in [0.4, 0.5) is 5.95 Å². The van der Waals surface area contributed by atoms with Gasteiger partial charge in [0, 0.05) is 42.9 Å². The molecule has 0 aliphatic carbocycles. The highest BCUT2D eigenvalue weighted by atomic mass is 16.5. The summed E-state index contributed by atoms with van der Waals surface area (Å²) in [5.74, 6) is 0.505. The third kappa shape index (κ3) is 5.72. The van der Waals surface area contributed by atoms with E-state index < -0.39 is 5.97 Å². The quantitative estimate of drug-likeness (QED) is 0.357. The van der Waals surface area contributed by atoms with Crippen LogP contribution in [0.3, 0.4) is 0 Å². The van der Waals surface area contributed by atoms with E-state index in [9.17, 15) is 9.59 Å². The predicted molar refractivity (Wildman–Crippen MR) is 121 cm³/mol. The number of ether oxygens (including phenoxy) is 2. The molecule has 2 heterocycles. The summed E-state index contributed by atoms with van der Waals surface area (Å²) in [4.78, 5) is 34.6. The minimum absolute atomic E-state index is 0.0435. The van der Waals surface area contributed by atoms with Gasteiger partial charge in [0.2, 0.25) is 11.7 Å². The Balaban J connectivity index is 1.55. The van der Waals surface area contributed by atoms with Crippen molar-refractivity contribution in [1.29, 1.82) is 0 Å². The number of carbonyl (C=O) groups is 2. The van der Waals surface area contributed by atoms with Crippen LogP contribution in [-0.4, -0.2) is 53.6 Å². The number of Topliss-reactive ketones (excluding diaryl/α,β-unsaturated/α-hetero) is 1. The monoisotopic (exact) mass is 436 g/mol. The van der Waals surface area contributed by atoms with E-state index in [1.54, 1.807) is 37.5 Å². The fourth-order valence-corrected chi connectivity index (χ4v) is 3.48. The average Bonchev–Trinajstić information content (AvgIpc) is 3.10. The number of esters is 1. The zero-order chi connectivity index (χ0) is 23.1. The van der Waals surface area contributed by atoms with Gasteiger partial charge in [0.1, 0.15) is 12.3 Å². The van der Waals surface area contributed by atoms with Gasteiger partial charge >= 0.3 is 5.97 Å². The van der Waals surface area contributed by atoms with E-state index in [0.29, 0.717) is 11.5 Å². The van der Waals surface area contributed by atoms with E-state index >= 15 is 0 Å². The lowest BCUT2D eigenvalue weighted by molar-refractivity contribution is -0.140. The minimum atomic E-state index is -0.512. The molecule has 32 heavy (non-hydrogen) atoms. The summed E-state index contributed by atoms with van der Waals surface area (Å²) in [5, 5.41) is 0. The van der Waals surface area contributed by atoms with Crippen LogP contribution in [0, 0.1) is 13.8 Å². The minimum Gasteiger partial charge on any atom is -0.497 e. The van der Waals surface area contributed by atoms with Crippen molar-refractivity contribution in [2.75, 3.05) is 32.2 Å². The summed E-state index contributed by atoms with van der Waals surface area (Å²) in [5.41, 5.74) is 3.62. The first-order valence-electron chi connectivity index (χ1n) is 10.4. The molecule has 0 atom stereocenters. The van der Waals surface area contributed by atoms with Crippen molar-refractivity contribution in [3.05, 3.63) is 71.3 Å². The molecule has 168 valence electrons. The van der Waals surface area contributed by atoms with Gasteiger partial charge in [-0.1, -0.05) is 12.1 Å². The van der Waals surface area contributed by atoms with Crippen LogP contribution in [0.25, 0.3) is 0 Å².